The molecule has 0 aliphatic rings. The fourth-order valence-electron chi connectivity index (χ4n) is 2.29. The highest BCUT2D eigenvalue weighted by Crippen LogP contribution is 2.15. The van der Waals surface area contributed by atoms with Crippen molar-refractivity contribution in [2.75, 3.05) is 6.54 Å². The summed E-state index contributed by atoms with van der Waals surface area (Å²) in [5, 5.41) is 3.31. The van der Waals surface area contributed by atoms with E-state index in [0.29, 0.717) is 6.61 Å². The second-order valence-electron chi connectivity index (χ2n) is 5.21. The number of rotatable bonds is 6. The van der Waals surface area contributed by atoms with Gasteiger partial charge in [-0.3, -0.25) is 0 Å². The summed E-state index contributed by atoms with van der Waals surface area (Å²) < 4.78 is 5.84. The van der Waals surface area contributed by atoms with E-state index in [4.69, 9.17) is 4.74 Å². The third-order valence-electron chi connectivity index (χ3n) is 3.19. The Morgan fingerprint density at radius 3 is 2.15 bits per heavy atom. The molecule has 0 aromatic heterocycles. The Hall–Kier alpha value is -1.80. The van der Waals surface area contributed by atoms with Gasteiger partial charge in [-0.2, -0.15) is 0 Å². The van der Waals surface area contributed by atoms with Crippen LogP contribution in [0, 0.1) is 13.8 Å². The van der Waals surface area contributed by atoms with Gasteiger partial charge in [0.25, 0.3) is 0 Å². The van der Waals surface area contributed by atoms with Gasteiger partial charge in [0.2, 0.25) is 0 Å². The van der Waals surface area contributed by atoms with Crippen molar-refractivity contribution in [2.24, 2.45) is 0 Å². The van der Waals surface area contributed by atoms with Gasteiger partial charge in [0.15, 0.2) is 0 Å². The van der Waals surface area contributed by atoms with Gasteiger partial charge in [0.05, 0.1) is 0 Å². The molecular formula is C18H23NO. The Kier molecular flexibility index (Phi) is 5.19. The van der Waals surface area contributed by atoms with E-state index in [1.165, 1.54) is 22.3 Å². The summed E-state index contributed by atoms with van der Waals surface area (Å²) in [5.74, 6) is 0.921. The van der Waals surface area contributed by atoms with Gasteiger partial charge in [-0.25, -0.2) is 0 Å². The molecule has 2 rings (SSSR count). The first-order valence-corrected chi connectivity index (χ1v) is 7.17. The summed E-state index contributed by atoms with van der Waals surface area (Å²) in [5.41, 5.74) is 5.07. The smallest absolute Gasteiger partial charge is 0.119 e. The summed E-state index contributed by atoms with van der Waals surface area (Å²) in [6, 6.07) is 14.8. The minimum atomic E-state index is 0.620. The van der Waals surface area contributed by atoms with E-state index in [9.17, 15) is 0 Å². The van der Waals surface area contributed by atoms with Crippen molar-refractivity contribution in [3.8, 4) is 5.75 Å². The molecule has 0 atom stereocenters. The molecule has 2 nitrogen and oxygen atoms in total. The zero-order chi connectivity index (χ0) is 14.4. The monoisotopic (exact) mass is 269 g/mol. The maximum Gasteiger partial charge on any atom is 0.119 e. The van der Waals surface area contributed by atoms with E-state index >= 15 is 0 Å². The second-order valence-corrected chi connectivity index (χ2v) is 5.21. The van der Waals surface area contributed by atoms with Crippen molar-refractivity contribution < 1.29 is 4.74 Å². The van der Waals surface area contributed by atoms with E-state index in [0.717, 1.165) is 18.8 Å². The normalized spacial score (nSPS) is 10.6. The quantitative estimate of drug-likeness (QED) is 0.856. The number of benzene rings is 2. The second kappa shape index (κ2) is 7.11. The molecule has 20 heavy (non-hydrogen) atoms. The van der Waals surface area contributed by atoms with Crippen LogP contribution in [0.15, 0.2) is 42.5 Å². The summed E-state index contributed by atoms with van der Waals surface area (Å²) in [4.78, 5) is 0. The van der Waals surface area contributed by atoms with Gasteiger partial charge in [-0.1, -0.05) is 48.4 Å². The lowest BCUT2D eigenvalue weighted by Crippen LogP contribution is -2.11. The first-order valence-electron chi connectivity index (χ1n) is 7.17. The minimum Gasteiger partial charge on any atom is -0.489 e. The van der Waals surface area contributed by atoms with Crippen molar-refractivity contribution in [2.45, 2.75) is 33.9 Å². The highest BCUT2D eigenvalue weighted by Gasteiger charge is 1.99. The fraction of sp³-hybridized carbons (Fsp3) is 0.333. The molecule has 0 aliphatic heterocycles. The summed E-state index contributed by atoms with van der Waals surface area (Å²) in [7, 11) is 0. The zero-order valence-corrected chi connectivity index (χ0v) is 12.6. The summed E-state index contributed by atoms with van der Waals surface area (Å²) >= 11 is 0. The van der Waals surface area contributed by atoms with Gasteiger partial charge in [-0.05, 0) is 43.7 Å². The maximum atomic E-state index is 5.84. The molecule has 2 aromatic carbocycles. The van der Waals surface area contributed by atoms with Crippen molar-refractivity contribution in [1.82, 2.24) is 5.32 Å². The molecule has 0 spiro atoms. The van der Waals surface area contributed by atoms with Crippen LogP contribution in [0.2, 0.25) is 0 Å². The molecule has 0 amide bonds. The van der Waals surface area contributed by atoms with Crippen LogP contribution in [0.25, 0.3) is 0 Å². The number of ether oxygens (including phenoxy) is 1. The molecule has 2 heteroatoms. The van der Waals surface area contributed by atoms with Crippen LogP contribution >= 0.6 is 0 Å². The molecule has 0 fully saturated rings. The predicted octanol–water partition coefficient (Wildman–Crippen LogP) is 3.99. The van der Waals surface area contributed by atoms with E-state index in [1.54, 1.807) is 0 Å². The lowest BCUT2D eigenvalue weighted by atomic mass is 10.1. The Bertz CT molecular complexity index is 526. The molecule has 106 valence electrons. The van der Waals surface area contributed by atoms with Crippen molar-refractivity contribution in [3.05, 3.63) is 64.7 Å². The standard InChI is InChI=1S/C18H23NO/c1-4-19-12-16-5-7-18(8-6-16)20-13-17-10-14(2)9-15(3)11-17/h5-11,19H,4,12-13H2,1-3H3. The van der Waals surface area contributed by atoms with Crippen LogP contribution in [0.3, 0.4) is 0 Å². The van der Waals surface area contributed by atoms with Crippen LogP contribution in [0.5, 0.6) is 5.75 Å². The molecule has 0 saturated carbocycles. The first kappa shape index (κ1) is 14.6. The number of aryl methyl sites for hydroxylation is 2. The van der Waals surface area contributed by atoms with Crippen molar-refractivity contribution in [1.29, 1.82) is 0 Å². The van der Waals surface area contributed by atoms with E-state index < -0.39 is 0 Å². The highest BCUT2D eigenvalue weighted by molar-refractivity contribution is 5.30. The average Bonchev–Trinajstić information content (AvgIpc) is 2.43. The van der Waals surface area contributed by atoms with Crippen LogP contribution < -0.4 is 10.1 Å². The Morgan fingerprint density at radius 2 is 1.55 bits per heavy atom. The molecule has 0 aliphatic carbocycles. The molecule has 0 radical (unpaired) electrons. The summed E-state index contributed by atoms with van der Waals surface area (Å²) in [6.07, 6.45) is 0. The van der Waals surface area contributed by atoms with Crippen LogP contribution in [0.4, 0.5) is 0 Å². The molecule has 0 bridgehead atoms. The fourth-order valence-corrected chi connectivity index (χ4v) is 2.29. The number of nitrogens with one attached hydrogen (secondary N) is 1. The van der Waals surface area contributed by atoms with Crippen molar-refractivity contribution in [3.63, 3.8) is 0 Å². The van der Waals surface area contributed by atoms with Gasteiger partial charge < -0.3 is 10.1 Å². The molecule has 0 unspecified atom stereocenters. The van der Waals surface area contributed by atoms with Crippen LogP contribution in [0.1, 0.15) is 29.2 Å². The SMILES string of the molecule is CCNCc1ccc(OCc2cc(C)cc(C)c2)cc1. The van der Waals surface area contributed by atoms with E-state index in [-0.39, 0.29) is 0 Å². The third kappa shape index (κ3) is 4.39. The molecule has 2 aromatic rings. The highest BCUT2D eigenvalue weighted by atomic mass is 16.5. The lowest BCUT2D eigenvalue weighted by molar-refractivity contribution is 0.306. The maximum absolute atomic E-state index is 5.84. The first-order chi connectivity index (χ1) is 9.67. The average molecular weight is 269 g/mol. The van der Waals surface area contributed by atoms with Gasteiger partial charge in [0.1, 0.15) is 12.4 Å². The lowest BCUT2D eigenvalue weighted by Gasteiger charge is -2.09. The molecular weight excluding hydrogens is 246 g/mol. The van der Waals surface area contributed by atoms with Crippen LogP contribution in [-0.4, -0.2) is 6.54 Å². The molecule has 0 saturated heterocycles. The largest absolute Gasteiger partial charge is 0.489 e. The van der Waals surface area contributed by atoms with E-state index in [1.807, 2.05) is 12.1 Å². The Morgan fingerprint density at radius 1 is 0.900 bits per heavy atom. The predicted molar refractivity (Wildman–Crippen MR) is 84.1 cm³/mol. The van der Waals surface area contributed by atoms with Gasteiger partial charge in [-0.15, -0.1) is 0 Å². The van der Waals surface area contributed by atoms with Gasteiger partial charge in [0, 0.05) is 6.54 Å². The minimum absolute atomic E-state index is 0.620. The topological polar surface area (TPSA) is 21.3 Å². The number of hydrogen-bond acceptors (Lipinski definition) is 2. The zero-order valence-electron chi connectivity index (χ0n) is 12.6. The molecule has 0 heterocycles. The van der Waals surface area contributed by atoms with E-state index in [2.05, 4.69) is 56.4 Å². The number of hydrogen-bond donors (Lipinski definition) is 1. The summed E-state index contributed by atoms with van der Waals surface area (Å²) in [6.45, 7) is 8.87. The Balaban J connectivity index is 1.93. The van der Waals surface area contributed by atoms with Crippen molar-refractivity contribution >= 4 is 0 Å². The van der Waals surface area contributed by atoms with Gasteiger partial charge >= 0.3 is 0 Å². The Labute approximate surface area is 121 Å². The van der Waals surface area contributed by atoms with Crippen LogP contribution in [-0.2, 0) is 13.2 Å². The third-order valence-corrected chi connectivity index (χ3v) is 3.19. The molecule has 1 N–H and O–H groups in total.